The molecule has 0 bridgehead atoms. The summed E-state index contributed by atoms with van der Waals surface area (Å²) >= 11 is 0. The number of carbonyl (C=O) groups is 2. The number of anilines is 1. The zero-order valence-electron chi connectivity index (χ0n) is 18.0. The number of amides is 2. The van der Waals surface area contributed by atoms with E-state index in [1.165, 1.54) is 6.42 Å². The van der Waals surface area contributed by atoms with Gasteiger partial charge in [-0.2, -0.15) is 0 Å². The Balaban J connectivity index is 1.74. The molecule has 0 heterocycles. The van der Waals surface area contributed by atoms with Gasteiger partial charge in [-0.05, 0) is 49.6 Å². The number of nitrogens with one attached hydrogen (secondary N) is 1. The van der Waals surface area contributed by atoms with Gasteiger partial charge in [0.25, 0.3) is 11.8 Å². The lowest BCUT2D eigenvalue weighted by Crippen LogP contribution is -2.37. The third-order valence-corrected chi connectivity index (χ3v) is 5.60. The monoisotopic (exact) mass is 408 g/mol. The molecule has 1 saturated carbocycles. The van der Waals surface area contributed by atoms with Gasteiger partial charge in [0.1, 0.15) is 5.75 Å². The number of unbranched alkanes of at least 4 members (excludes halogenated alkanes) is 1. The molecule has 1 aliphatic carbocycles. The molecule has 0 spiro atoms. The van der Waals surface area contributed by atoms with Crippen LogP contribution in [0.3, 0.4) is 0 Å². The number of para-hydroxylation sites is 1. The van der Waals surface area contributed by atoms with Crippen LogP contribution >= 0.6 is 0 Å². The second-order valence-electron chi connectivity index (χ2n) is 7.92. The molecule has 0 saturated heterocycles. The van der Waals surface area contributed by atoms with Crippen molar-refractivity contribution in [1.29, 1.82) is 0 Å². The molecule has 0 aromatic heterocycles. The van der Waals surface area contributed by atoms with Crippen LogP contribution in [0.2, 0.25) is 0 Å². The maximum atomic E-state index is 13.1. The number of carbonyl (C=O) groups excluding carboxylic acids is 2. The topological polar surface area (TPSA) is 58.6 Å². The Morgan fingerprint density at radius 3 is 2.60 bits per heavy atom. The summed E-state index contributed by atoms with van der Waals surface area (Å²) in [5.74, 6) is 0.397. The average molecular weight is 409 g/mol. The first kappa shape index (κ1) is 21.9. The normalized spacial score (nSPS) is 14.2. The summed E-state index contributed by atoms with van der Waals surface area (Å²) in [7, 11) is 1.71. The highest BCUT2D eigenvalue weighted by molar-refractivity contribution is 6.10. The van der Waals surface area contributed by atoms with Crippen molar-refractivity contribution >= 4 is 17.5 Å². The minimum absolute atomic E-state index is 0.117. The highest BCUT2D eigenvalue weighted by Gasteiger charge is 2.22. The van der Waals surface area contributed by atoms with Crippen molar-refractivity contribution in [3.8, 4) is 5.75 Å². The lowest BCUT2D eigenvalue weighted by Gasteiger charge is -2.25. The van der Waals surface area contributed by atoms with Gasteiger partial charge in [0, 0.05) is 18.7 Å². The summed E-state index contributed by atoms with van der Waals surface area (Å²) in [6.07, 6.45) is 7.62. The Morgan fingerprint density at radius 1 is 1.07 bits per heavy atom. The zero-order chi connectivity index (χ0) is 21.3. The lowest BCUT2D eigenvalue weighted by molar-refractivity contribution is 0.0928. The molecule has 0 aliphatic heterocycles. The Hall–Kier alpha value is -2.82. The molecule has 0 atom stereocenters. The summed E-state index contributed by atoms with van der Waals surface area (Å²) in [6.45, 7) is 2.74. The van der Waals surface area contributed by atoms with Crippen LogP contribution in [0.1, 0.15) is 72.6 Å². The smallest absolute Gasteiger partial charge is 0.258 e. The molecule has 3 rings (SSSR count). The van der Waals surface area contributed by atoms with Gasteiger partial charge in [-0.15, -0.1) is 0 Å². The zero-order valence-corrected chi connectivity index (χ0v) is 18.0. The second kappa shape index (κ2) is 10.8. The van der Waals surface area contributed by atoms with E-state index in [4.69, 9.17) is 4.74 Å². The fraction of sp³-hybridized carbons (Fsp3) is 0.440. The third-order valence-electron chi connectivity index (χ3n) is 5.60. The van der Waals surface area contributed by atoms with Gasteiger partial charge in [-0.25, -0.2) is 0 Å². The van der Waals surface area contributed by atoms with E-state index in [0.717, 1.165) is 38.5 Å². The number of hydrogen-bond donors (Lipinski definition) is 1. The fourth-order valence-corrected chi connectivity index (χ4v) is 3.82. The quantitative estimate of drug-likeness (QED) is 0.611. The molecule has 5 nitrogen and oxygen atoms in total. The predicted octanol–water partition coefficient (Wildman–Crippen LogP) is 5.20. The molecule has 2 amide bonds. The third kappa shape index (κ3) is 5.62. The highest BCUT2D eigenvalue weighted by atomic mass is 16.5. The number of hydrogen-bond acceptors (Lipinski definition) is 3. The molecule has 2 aromatic rings. The van der Waals surface area contributed by atoms with Crippen molar-refractivity contribution < 1.29 is 14.3 Å². The molecule has 5 heteroatoms. The predicted molar refractivity (Wildman–Crippen MR) is 120 cm³/mol. The number of benzene rings is 2. The molecular weight excluding hydrogens is 376 g/mol. The highest BCUT2D eigenvalue weighted by Crippen LogP contribution is 2.24. The van der Waals surface area contributed by atoms with Crippen LogP contribution in [-0.2, 0) is 0 Å². The van der Waals surface area contributed by atoms with Gasteiger partial charge < -0.3 is 15.0 Å². The molecule has 0 unspecified atom stereocenters. The molecule has 30 heavy (non-hydrogen) atoms. The van der Waals surface area contributed by atoms with Crippen molar-refractivity contribution in [3.63, 3.8) is 0 Å². The van der Waals surface area contributed by atoms with Gasteiger partial charge in [-0.1, -0.05) is 50.8 Å². The minimum atomic E-state index is -0.172. The first-order valence-corrected chi connectivity index (χ1v) is 11.0. The fourth-order valence-electron chi connectivity index (χ4n) is 3.82. The summed E-state index contributed by atoms with van der Waals surface area (Å²) in [6, 6.07) is 14.7. The first-order chi connectivity index (χ1) is 14.6. The Kier molecular flexibility index (Phi) is 7.89. The van der Waals surface area contributed by atoms with Gasteiger partial charge in [0.05, 0.1) is 17.9 Å². The van der Waals surface area contributed by atoms with E-state index in [0.29, 0.717) is 29.2 Å². The summed E-state index contributed by atoms with van der Waals surface area (Å²) in [4.78, 5) is 27.6. The lowest BCUT2D eigenvalue weighted by atomic mass is 9.95. The Labute approximate surface area is 179 Å². The van der Waals surface area contributed by atoms with E-state index in [2.05, 4.69) is 12.2 Å². The van der Waals surface area contributed by atoms with Crippen LogP contribution in [-0.4, -0.2) is 31.5 Å². The van der Waals surface area contributed by atoms with Crippen molar-refractivity contribution in [2.45, 2.75) is 57.9 Å². The number of ether oxygens (including phenoxy) is 1. The summed E-state index contributed by atoms with van der Waals surface area (Å²) in [5, 5.41) is 3.15. The van der Waals surface area contributed by atoms with E-state index in [1.54, 1.807) is 30.1 Å². The minimum Gasteiger partial charge on any atom is -0.494 e. The van der Waals surface area contributed by atoms with E-state index in [-0.39, 0.29) is 17.9 Å². The van der Waals surface area contributed by atoms with Crippen LogP contribution in [0, 0.1) is 0 Å². The Morgan fingerprint density at radius 2 is 1.83 bits per heavy atom. The average Bonchev–Trinajstić information content (AvgIpc) is 2.79. The van der Waals surface area contributed by atoms with Gasteiger partial charge in [-0.3, -0.25) is 9.59 Å². The van der Waals surface area contributed by atoms with Gasteiger partial charge >= 0.3 is 0 Å². The van der Waals surface area contributed by atoms with E-state index in [1.807, 2.05) is 30.3 Å². The standard InChI is InChI=1S/C25H32N2O3/c1-3-4-17-30-21-14-10-11-19(18-21)25(29)27(2)23-16-9-8-15-22(23)24(28)26-20-12-6-5-7-13-20/h8-11,14-16,18,20H,3-7,12-13,17H2,1-2H3,(H,26,28). The van der Waals surface area contributed by atoms with Gasteiger partial charge in [0.15, 0.2) is 0 Å². The summed E-state index contributed by atoms with van der Waals surface area (Å²) < 4.78 is 5.73. The molecule has 160 valence electrons. The first-order valence-electron chi connectivity index (χ1n) is 11.0. The second-order valence-corrected chi connectivity index (χ2v) is 7.92. The number of nitrogens with zero attached hydrogens (tertiary/aromatic N) is 1. The van der Waals surface area contributed by atoms with Crippen molar-refractivity contribution in [1.82, 2.24) is 5.32 Å². The van der Waals surface area contributed by atoms with Crippen LogP contribution < -0.4 is 15.0 Å². The van der Waals surface area contributed by atoms with Crippen LogP contribution in [0.4, 0.5) is 5.69 Å². The molecular formula is C25H32N2O3. The van der Waals surface area contributed by atoms with Crippen LogP contribution in [0.5, 0.6) is 5.75 Å². The van der Waals surface area contributed by atoms with Crippen LogP contribution in [0.25, 0.3) is 0 Å². The maximum Gasteiger partial charge on any atom is 0.258 e. The van der Waals surface area contributed by atoms with Crippen molar-refractivity contribution in [2.75, 3.05) is 18.6 Å². The molecule has 1 aliphatic rings. The molecule has 1 fully saturated rings. The number of rotatable bonds is 8. The van der Waals surface area contributed by atoms with E-state index in [9.17, 15) is 9.59 Å². The van der Waals surface area contributed by atoms with E-state index < -0.39 is 0 Å². The summed E-state index contributed by atoms with van der Waals surface area (Å²) in [5.41, 5.74) is 1.66. The largest absolute Gasteiger partial charge is 0.494 e. The molecule has 1 N–H and O–H groups in total. The maximum absolute atomic E-state index is 13.1. The SMILES string of the molecule is CCCCOc1cccc(C(=O)N(C)c2ccccc2C(=O)NC2CCCCC2)c1. The van der Waals surface area contributed by atoms with E-state index >= 15 is 0 Å². The van der Waals surface area contributed by atoms with Crippen molar-refractivity contribution in [2.24, 2.45) is 0 Å². The molecule has 0 radical (unpaired) electrons. The van der Waals surface area contributed by atoms with Crippen molar-refractivity contribution in [3.05, 3.63) is 59.7 Å². The van der Waals surface area contributed by atoms with Crippen LogP contribution in [0.15, 0.2) is 48.5 Å². The molecule has 2 aromatic carbocycles. The van der Waals surface area contributed by atoms with Gasteiger partial charge in [0.2, 0.25) is 0 Å². The Bertz CT molecular complexity index is 859.